The Bertz CT molecular complexity index is 158. The molecule has 0 bridgehead atoms. The normalized spacial score (nSPS) is 28.3. The predicted octanol–water partition coefficient (Wildman–Crippen LogP) is 2.10. The quantitative estimate of drug-likeness (QED) is 0.744. The lowest BCUT2D eigenvalue weighted by Crippen LogP contribution is -2.46. The Balaban J connectivity index is 2.46. The molecule has 0 aromatic rings. The standard InChI is InChI=1S/C12H26N2/c1-9(2)14(10(3)4)8-12-11(5)6-7-13-12/h9-13H,6-8H2,1-5H3. The van der Waals surface area contributed by atoms with Gasteiger partial charge in [-0.05, 0) is 46.6 Å². The van der Waals surface area contributed by atoms with Crippen LogP contribution in [0.4, 0.5) is 0 Å². The number of hydrogen-bond acceptors (Lipinski definition) is 2. The third-order valence-corrected chi connectivity index (χ3v) is 3.43. The molecule has 2 atom stereocenters. The van der Waals surface area contributed by atoms with E-state index >= 15 is 0 Å². The number of nitrogens with one attached hydrogen (secondary N) is 1. The first-order valence-corrected chi connectivity index (χ1v) is 6.01. The van der Waals surface area contributed by atoms with Crippen LogP contribution in [0.1, 0.15) is 41.0 Å². The van der Waals surface area contributed by atoms with E-state index in [9.17, 15) is 0 Å². The van der Waals surface area contributed by atoms with Gasteiger partial charge in [-0.2, -0.15) is 0 Å². The van der Waals surface area contributed by atoms with Crippen molar-refractivity contribution in [1.82, 2.24) is 10.2 Å². The van der Waals surface area contributed by atoms with E-state index in [4.69, 9.17) is 0 Å². The van der Waals surface area contributed by atoms with E-state index < -0.39 is 0 Å². The largest absolute Gasteiger partial charge is 0.312 e. The summed E-state index contributed by atoms with van der Waals surface area (Å²) in [5.74, 6) is 0.843. The van der Waals surface area contributed by atoms with E-state index in [1.807, 2.05) is 0 Å². The maximum Gasteiger partial charge on any atom is 0.0221 e. The van der Waals surface area contributed by atoms with Gasteiger partial charge in [-0.1, -0.05) is 6.92 Å². The summed E-state index contributed by atoms with van der Waals surface area (Å²) in [6.07, 6.45) is 1.34. The minimum atomic E-state index is 0.657. The zero-order valence-electron chi connectivity index (χ0n) is 10.4. The topological polar surface area (TPSA) is 15.3 Å². The maximum absolute atomic E-state index is 3.60. The van der Waals surface area contributed by atoms with Gasteiger partial charge in [-0.25, -0.2) is 0 Å². The Kier molecular flexibility index (Phi) is 4.39. The van der Waals surface area contributed by atoms with Crippen molar-refractivity contribution in [3.05, 3.63) is 0 Å². The molecule has 2 nitrogen and oxygen atoms in total. The smallest absolute Gasteiger partial charge is 0.0221 e. The van der Waals surface area contributed by atoms with Gasteiger partial charge in [0.1, 0.15) is 0 Å². The van der Waals surface area contributed by atoms with Crippen molar-refractivity contribution in [2.75, 3.05) is 13.1 Å². The molecule has 2 heteroatoms. The van der Waals surface area contributed by atoms with E-state index in [0.717, 1.165) is 5.92 Å². The van der Waals surface area contributed by atoms with Crippen LogP contribution in [-0.4, -0.2) is 36.1 Å². The molecule has 0 spiro atoms. The molecule has 1 rings (SSSR count). The van der Waals surface area contributed by atoms with Gasteiger partial charge in [0.15, 0.2) is 0 Å². The van der Waals surface area contributed by atoms with Crippen molar-refractivity contribution in [2.45, 2.75) is 59.2 Å². The van der Waals surface area contributed by atoms with Crippen LogP contribution in [-0.2, 0) is 0 Å². The first-order chi connectivity index (χ1) is 6.52. The molecular formula is C12H26N2. The highest BCUT2D eigenvalue weighted by Crippen LogP contribution is 2.17. The summed E-state index contributed by atoms with van der Waals surface area (Å²) >= 11 is 0. The number of rotatable bonds is 4. The minimum absolute atomic E-state index is 0.657. The van der Waals surface area contributed by atoms with Gasteiger partial charge in [-0.15, -0.1) is 0 Å². The average molecular weight is 198 g/mol. The van der Waals surface area contributed by atoms with Crippen molar-refractivity contribution >= 4 is 0 Å². The van der Waals surface area contributed by atoms with Crippen LogP contribution in [0.2, 0.25) is 0 Å². The third kappa shape index (κ3) is 2.96. The lowest BCUT2D eigenvalue weighted by atomic mass is 10.0. The Morgan fingerprint density at radius 1 is 1.21 bits per heavy atom. The maximum atomic E-state index is 3.60. The zero-order valence-corrected chi connectivity index (χ0v) is 10.4. The van der Waals surface area contributed by atoms with Crippen LogP contribution in [0.3, 0.4) is 0 Å². The summed E-state index contributed by atoms with van der Waals surface area (Å²) in [5, 5.41) is 3.60. The molecule has 1 heterocycles. The molecule has 1 fully saturated rings. The van der Waals surface area contributed by atoms with Gasteiger partial charge in [0, 0.05) is 24.7 Å². The summed E-state index contributed by atoms with van der Waals surface area (Å²) in [5.41, 5.74) is 0. The van der Waals surface area contributed by atoms with Crippen molar-refractivity contribution in [3.8, 4) is 0 Å². The molecule has 1 N–H and O–H groups in total. The lowest BCUT2D eigenvalue weighted by molar-refractivity contribution is 0.151. The average Bonchev–Trinajstić information content (AvgIpc) is 2.46. The van der Waals surface area contributed by atoms with Gasteiger partial charge in [-0.3, -0.25) is 4.90 Å². The Morgan fingerprint density at radius 3 is 2.14 bits per heavy atom. The number of hydrogen-bond donors (Lipinski definition) is 1. The fraction of sp³-hybridized carbons (Fsp3) is 1.00. The Morgan fingerprint density at radius 2 is 1.79 bits per heavy atom. The minimum Gasteiger partial charge on any atom is -0.312 e. The fourth-order valence-electron chi connectivity index (χ4n) is 2.39. The summed E-state index contributed by atoms with van der Waals surface area (Å²) < 4.78 is 0. The van der Waals surface area contributed by atoms with Crippen molar-refractivity contribution in [1.29, 1.82) is 0 Å². The molecule has 1 aliphatic rings. The molecule has 2 unspecified atom stereocenters. The van der Waals surface area contributed by atoms with Crippen LogP contribution < -0.4 is 5.32 Å². The molecule has 0 amide bonds. The second-order valence-corrected chi connectivity index (χ2v) is 5.21. The van der Waals surface area contributed by atoms with Crippen molar-refractivity contribution < 1.29 is 0 Å². The monoisotopic (exact) mass is 198 g/mol. The highest BCUT2D eigenvalue weighted by Gasteiger charge is 2.26. The van der Waals surface area contributed by atoms with E-state index in [0.29, 0.717) is 18.1 Å². The van der Waals surface area contributed by atoms with E-state index in [-0.39, 0.29) is 0 Å². The first-order valence-electron chi connectivity index (χ1n) is 6.01. The van der Waals surface area contributed by atoms with E-state index in [2.05, 4.69) is 44.8 Å². The lowest BCUT2D eigenvalue weighted by Gasteiger charge is -2.34. The molecule has 0 saturated carbocycles. The second-order valence-electron chi connectivity index (χ2n) is 5.21. The molecule has 1 saturated heterocycles. The molecule has 0 aliphatic carbocycles. The van der Waals surface area contributed by atoms with Gasteiger partial charge in [0.25, 0.3) is 0 Å². The highest BCUT2D eigenvalue weighted by molar-refractivity contribution is 4.85. The molecule has 14 heavy (non-hydrogen) atoms. The van der Waals surface area contributed by atoms with Crippen LogP contribution in [0.5, 0.6) is 0 Å². The summed E-state index contributed by atoms with van der Waals surface area (Å²) in [6.45, 7) is 13.9. The SMILES string of the molecule is CC1CCNC1CN(C(C)C)C(C)C. The molecule has 84 valence electrons. The summed E-state index contributed by atoms with van der Waals surface area (Å²) in [6, 6.07) is 2.02. The first kappa shape index (κ1) is 12.0. The van der Waals surface area contributed by atoms with Crippen molar-refractivity contribution in [2.24, 2.45) is 5.92 Å². The van der Waals surface area contributed by atoms with E-state index in [1.54, 1.807) is 0 Å². The van der Waals surface area contributed by atoms with Crippen LogP contribution in [0, 0.1) is 5.92 Å². The molecule has 0 radical (unpaired) electrons. The fourth-order valence-corrected chi connectivity index (χ4v) is 2.39. The van der Waals surface area contributed by atoms with Gasteiger partial charge in [0.05, 0.1) is 0 Å². The highest BCUT2D eigenvalue weighted by atomic mass is 15.2. The van der Waals surface area contributed by atoms with E-state index in [1.165, 1.54) is 19.5 Å². The van der Waals surface area contributed by atoms with Gasteiger partial charge < -0.3 is 5.32 Å². The molecule has 1 aliphatic heterocycles. The van der Waals surface area contributed by atoms with Crippen molar-refractivity contribution in [3.63, 3.8) is 0 Å². The van der Waals surface area contributed by atoms with Crippen LogP contribution in [0.15, 0.2) is 0 Å². The molecule has 0 aromatic carbocycles. The summed E-state index contributed by atoms with van der Waals surface area (Å²) in [4.78, 5) is 2.58. The third-order valence-electron chi connectivity index (χ3n) is 3.43. The van der Waals surface area contributed by atoms with Crippen LogP contribution in [0.25, 0.3) is 0 Å². The summed E-state index contributed by atoms with van der Waals surface area (Å²) in [7, 11) is 0. The Hall–Kier alpha value is -0.0800. The zero-order chi connectivity index (χ0) is 10.7. The number of nitrogens with zero attached hydrogens (tertiary/aromatic N) is 1. The van der Waals surface area contributed by atoms with Crippen LogP contribution >= 0.6 is 0 Å². The van der Waals surface area contributed by atoms with Gasteiger partial charge in [0.2, 0.25) is 0 Å². The predicted molar refractivity (Wildman–Crippen MR) is 62.5 cm³/mol. The molecule has 0 aromatic heterocycles. The second kappa shape index (κ2) is 5.13. The Labute approximate surface area is 89.1 Å². The van der Waals surface area contributed by atoms with Gasteiger partial charge >= 0.3 is 0 Å². The molecular weight excluding hydrogens is 172 g/mol.